The van der Waals surface area contributed by atoms with Crippen LogP contribution in [0.3, 0.4) is 0 Å². The molecule has 2 aromatic heterocycles. The van der Waals surface area contributed by atoms with Crippen molar-refractivity contribution in [3.63, 3.8) is 0 Å². The number of aryl methyl sites for hydroxylation is 1. The molecule has 3 rings (SSSR count). The van der Waals surface area contributed by atoms with Crippen molar-refractivity contribution in [2.45, 2.75) is 37.1 Å². The fourth-order valence-electron chi connectivity index (χ4n) is 2.42. The summed E-state index contributed by atoms with van der Waals surface area (Å²) in [6, 6.07) is 5.53. The van der Waals surface area contributed by atoms with Gasteiger partial charge in [0.1, 0.15) is 5.65 Å². The number of pyridine rings is 1. The van der Waals surface area contributed by atoms with E-state index in [1.54, 1.807) is 10.5 Å². The third-order valence-electron chi connectivity index (χ3n) is 3.54. The molecule has 0 spiro atoms. The molecular formula is C12H13ClN2O2S. The van der Waals surface area contributed by atoms with Crippen molar-refractivity contribution in [3.8, 4) is 0 Å². The highest BCUT2D eigenvalue weighted by Crippen LogP contribution is 2.40. The molecule has 0 radical (unpaired) electrons. The number of imidazole rings is 1. The second kappa shape index (κ2) is 3.96. The second-order valence-electron chi connectivity index (χ2n) is 4.73. The van der Waals surface area contributed by atoms with Crippen molar-refractivity contribution in [3.05, 3.63) is 29.6 Å². The largest absolute Gasteiger partial charge is 0.286 e. The first-order valence-electron chi connectivity index (χ1n) is 5.91. The van der Waals surface area contributed by atoms with Gasteiger partial charge in [-0.25, -0.2) is 13.4 Å². The van der Waals surface area contributed by atoms with Gasteiger partial charge < -0.3 is 0 Å². The number of hydrogen-bond donors (Lipinski definition) is 0. The minimum Gasteiger partial charge on any atom is -0.286 e. The molecule has 0 saturated heterocycles. The Hall–Kier alpha value is -1.07. The van der Waals surface area contributed by atoms with Gasteiger partial charge >= 0.3 is 0 Å². The summed E-state index contributed by atoms with van der Waals surface area (Å²) >= 11 is 0. The van der Waals surface area contributed by atoms with Crippen LogP contribution in [0.1, 0.15) is 36.6 Å². The minimum atomic E-state index is -3.79. The Morgan fingerprint density at radius 1 is 1.39 bits per heavy atom. The molecule has 1 aliphatic rings. The van der Waals surface area contributed by atoms with Gasteiger partial charge in [0.05, 0.1) is 5.69 Å². The second-order valence-corrected chi connectivity index (χ2v) is 7.21. The van der Waals surface area contributed by atoms with Crippen LogP contribution in [0.2, 0.25) is 0 Å². The minimum absolute atomic E-state index is 0.155. The first-order valence-corrected chi connectivity index (χ1v) is 8.22. The van der Waals surface area contributed by atoms with E-state index in [1.807, 2.05) is 19.1 Å². The maximum Gasteiger partial charge on any atom is 0.279 e. The Balaban J connectivity index is 2.39. The van der Waals surface area contributed by atoms with Crippen molar-refractivity contribution in [1.29, 1.82) is 0 Å². The predicted molar refractivity (Wildman–Crippen MR) is 69.6 cm³/mol. The lowest BCUT2D eigenvalue weighted by atomic mass is 9.83. The predicted octanol–water partition coefficient (Wildman–Crippen LogP) is 2.84. The Bertz CT molecular complexity index is 717. The van der Waals surface area contributed by atoms with Gasteiger partial charge in [-0.05, 0) is 31.9 Å². The first kappa shape index (κ1) is 12.0. The van der Waals surface area contributed by atoms with Crippen LogP contribution in [0.25, 0.3) is 5.65 Å². The normalized spacial score (nSPS) is 17.0. The van der Waals surface area contributed by atoms with Gasteiger partial charge in [0.2, 0.25) is 0 Å². The monoisotopic (exact) mass is 284 g/mol. The molecule has 0 bridgehead atoms. The molecular weight excluding hydrogens is 272 g/mol. The summed E-state index contributed by atoms with van der Waals surface area (Å²) in [5.41, 5.74) is 2.10. The average Bonchev–Trinajstić information content (AvgIpc) is 2.54. The van der Waals surface area contributed by atoms with Gasteiger partial charge in [-0.15, -0.1) is 0 Å². The van der Waals surface area contributed by atoms with Crippen LogP contribution >= 0.6 is 10.7 Å². The zero-order valence-electron chi connectivity index (χ0n) is 9.93. The molecule has 1 saturated carbocycles. The van der Waals surface area contributed by atoms with E-state index in [2.05, 4.69) is 4.98 Å². The summed E-state index contributed by atoms with van der Waals surface area (Å²) in [5, 5.41) is 0.155. The van der Waals surface area contributed by atoms with Crippen molar-refractivity contribution < 1.29 is 8.42 Å². The van der Waals surface area contributed by atoms with Gasteiger partial charge in [0, 0.05) is 22.3 Å². The third kappa shape index (κ3) is 1.73. The Labute approximate surface area is 110 Å². The summed E-state index contributed by atoms with van der Waals surface area (Å²) in [6.07, 6.45) is 3.10. The number of halogens is 1. The molecule has 1 aliphatic carbocycles. The lowest BCUT2D eigenvalue weighted by Crippen LogP contribution is -2.13. The Kier molecular flexibility index (Phi) is 2.64. The van der Waals surface area contributed by atoms with E-state index in [0.717, 1.165) is 25.0 Å². The molecule has 0 amide bonds. The summed E-state index contributed by atoms with van der Waals surface area (Å²) in [4.78, 5) is 4.46. The first-order chi connectivity index (χ1) is 8.48. The van der Waals surface area contributed by atoms with Crippen LogP contribution < -0.4 is 0 Å². The smallest absolute Gasteiger partial charge is 0.279 e. The molecule has 96 valence electrons. The number of aromatic nitrogens is 2. The van der Waals surface area contributed by atoms with Crippen molar-refractivity contribution >= 4 is 25.4 Å². The van der Waals surface area contributed by atoms with E-state index >= 15 is 0 Å². The maximum atomic E-state index is 11.8. The molecule has 0 N–H and O–H groups in total. The standard InChI is InChI=1S/C12H13ClN2O2S/c1-8-4-2-7-10-14-11(9-5-3-6-9)12(15(8)10)18(13,16)17/h2,4,7,9H,3,5-6H2,1H3. The van der Waals surface area contributed by atoms with Crippen LogP contribution in [0, 0.1) is 6.92 Å². The van der Waals surface area contributed by atoms with Crippen molar-refractivity contribution in [2.75, 3.05) is 0 Å². The third-order valence-corrected chi connectivity index (χ3v) is 4.84. The highest BCUT2D eigenvalue weighted by atomic mass is 35.7. The molecule has 0 atom stereocenters. The van der Waals surface area contributed by atoms with Gasteiger partial charge in [-0.3, -0.25) is 4.40 Å². The van der Waals surface area contributed by atoms with Gasteiger partial charge in [0.25, 0.3) is 9.05 Å². The summed E-state index contributed by atoms with van der Waals surface area (Å²) in [6.45, 7) is 1.85. The van der Waals surface area contributed by atoms with Crippen LogP contribution in [-0.4, -0.2) is 17.8 Å². The molecule has 4 nitrogen and oxygen atoms in total. The van der Waals surface area contributed by atoms with Gasteiger partial charge in [0.15, 0.2) is 5.03 Å². The zero-order valence-corrected chi connectivity index (χ0v) is 11.5. The molecule has 18 heavy (non-hydrogen) atoms. The highest BCUT2D eigenvalue weighted by molar-refractivity contribution is 8.13. The van der Waals surface area contributed by atoms with E-state index in [-0.39, 0.29) is 10.9 Å². The van der Waals surface area contributed by atoms with Crippen LogP contribution in [0.15, 0.2) is 23.2 Å². The zero-order chi connectivity index (χ0) is 12.9. The summed E-state index contributed by atoms with van der Waals surface area (Å²) in [5.74, 6) is 0.229. The maximum absolute atomic E-state index is 11.8. The lowest BCUT2D eigenvalue weighted by Gasteiger charge is -2.24. The SMILES string of the molecule is Cc1cccc2nc(C3CCC3)c(S(=O)(=O)Cl)n12. The molecule has 0 aromatic carbocycles. The highest BCUT2D eigenvalue weighted by Gasteiger charge is 2.32. The Morgan fingerprint density at radius 2 is 2.11 bits per heavy atom. The van der Waals surface area contributed by atoms with Crippen LogP contribution in [-0.2, 0) is 9.05 Å². The van der Waals surface area contributed by atoms with E-state index in [1.165, 1.54) is 0 Å². The number of rotatable bonds is 2. The molecule has 0 aliphatic heterocycles. The molecule has 6 heteroatoms. The van der Waals surface area contributed by atoms with E-state index in [4.69, 9.17) is 10.7 Å². The van der Waals surface area contributed by atoms with E-state index in [0.29, 0.717) is 11.3 Å². The molecule has 0 unspecified atom stereocenters. The summed E-state index contributed by atoms with van der Waals surface area (Å²) in [7, 11) is 1.80. The topological polar surface area (TPSA) is 51.4 Å². The number of nitrogens with zero attached hydrogens (tertiary/aromatic N) is 2. The summed E-state index contributed by atoms with van der Waals surface area (Å²) < 4.78 is 25.3. The van der Waals surface area contributed by atoms with Crippen molar-refractivity contribution in [2.24, 2.45) is 0 Å². The number of hydrogen-bond acceptors (Lipinski definition) is 3. The van der Waals surface area contributed by atoms with E-state index in [9.17, 15) is 8.42 Å². The van der Waals surface area contributed by atoms with Crippen molar-refractivity contribution in [1.82, 2.24) is 9.38 Å². The van der Waals surface area contributed by atoms with Gasteiger partial charge in [-0.1, -0.05) is 12.5 Å². The van der Waals surface area contributed by atoms with E-state index < -0.39 is 9.05 Å². The number of fused-ring (bicyclic) bond motifs is 1. The average molecular weight is 285 g/mol. The fraction of sp³-hybridized carbons (Fsp3) is 0.417. The van der Waals surface area contributed by atoms with Crippen LogP contribution in [0.4, 0.5) is 0 Å². The van der Waals surface area contributed by atoms with Gasteiger partial charge in [-0.2, -0.15) is 0 Å². The molecule has 2 aromatic rings. The Morgan fingerprint density at radius 3 is 2.67 bits per heavy atom. The fourth-order valence-corrected chi connectivity index (χ4v) is 3.78. The molecule has 1 fully saturated rings. The lowest BCUT2D eigenvalue weighted by molar-refractivity contribution is 0.405. The quantitative estimate of drug-likeness (QED) is 0.797. The van der Waals surface area contributed by atoms with Crippen LogP contribution in [0.5, 0.6) is 0 Å². The molecule has 2 heterocycles.